The first kappa shape index (κ1) is 22.6. The van der Waals surface area contributed by atoms with Gasteiger partial charge in [-0.25, -0.2) is 0 Å². The molecule has 1 amide bonds. The van der Waals surface area contributed by atoms with Crippen LogP contribution >= 0.6 is 11.3 Å². The fourth-order valence-electron chi connectivity index (χ4n) is 2.81. The number of nitrogens with one attached hydrogen (secondary N) is 1. The number of aromatic hydroxyl groups is 1. The fraction of sp³-hybridized carbons (Fsp3) is 0.455. The van der Waals surface area contributed by atoms with Crippen LogP contribution in [0, 0.1) is 11.3 Å². The second-order valence-electron chi connectivity index (χ2n) is 8.94. The predicted octanol–water partition coefficient (Wildman–Crippen LogP) is 4.95. The molecule has 2 rings (SSSR count). The lowest BCUT2D eigenvalue weighted by Gasteiger charge is -2.28. The number of amides is 1. The number of benzene rings is 1. The van der Waals surface area contributed by atoms with Gasteiger partial charge in [-0.1, -0.05) is 59.8 Å². The number of nitriles is 1. The zero-order valence-electron chi connectivity index (χ0n) is 18.0. The summed E-state index contributed by atoms with van der Waals surface area (Å²) in [7, 11) is 0. The SMILES string of the molecule is CCc1nnc(NC(=O)/C(C#N)=C\c2cc(C(C)(C)C)c(O)c(C(C)(C)C)c2)s1. The molecule has 2 aromatic rings. The highest BCUT2D eigenvalue weighted by atomic mass is 32.1. The molecular weight excluding hydrogens is 384 g/mol. The topological polar surface area (TPSA) is 98.9 Å². The van der Waals surface area contributed by atoms with Gasteiger partial charge in [0.2, 0.25) is 5.13 Å². The van der Waals surface area contributed by atoms with E-state index < -0.39 is 5.91 Å². The normalized spacial score (nSPS) is 12.6. The van der Waals surface area contributed by atoms with Crippen molar-refractivity contribution in [3.8, 4) is 11.8 Å². The van der Waals surface area contributed by atoms with Gasteiger partial charge in [0, 0.05) is 11.1 Å². The maximum Gasteiger partial charge on any atom is 0.268 e. The molecule has 7 heteroatoms. The third-order valence-electron chi connectivity index (χ3n) is 4.41. The van der Waals surface area contributed by atoms with Crippen LogP contribution in [-0.2, 0) is 22.0 Å². The number of nitrogens with zero attached hydrogens (tertiary/aromatic N) is 3. The van der Waals surface area contributed by atoms with Crippen LogP contribution in [0.25, 0.3) is 6.08 Å². The van der Waals surface area contributed by atoms with E-state index in [1.54, 1.807) is 6.08 Å². The van der Waals surface area contributed by atoms with Gasteiger partial charge >= 0.3 is 0 Å². The van der Waals surface area contributed by atoms with E-state index in [0.717, 1.165) is 22.6 Å². The molecule has 0 fully saturated rings. The first-order valence-corrected chi connectivity index (χ1v) is 10.3. The van der Waals surface area contributed by atoms with Crippen molar-refractivity contribution >= 4 is 28.5 Å². The van der Waals surface area contributed by atoms with E-state index in [4.69, 9.17) is 0 Å². The summed E-state index contributed by atoms with van der Waals surface area (Å²) >= 11 is 1.29. The van der Waals surface area contributed by atoms with Crippen LogP contribution in [0.15, 0.2) is 17.7 Å². The van der Waals surface area contributed by atoms with E-state index >= 15 is 0 Å². The number of hydrogen-bond donors (Lipinski definition) is 2. The lowest BCUT2D eigenvalue weighted by Crippen LogP contribution is -2.18. The molecule has 0 atom stereocenters. The highest BCUT2D eigenvalue weighted by Crippen LogP contribution is 2.40. The molecule has 0 saturated heterocycles. The van der Waals surface area contributed by atoms with E-state index in [2.05, 4.69) is 15.5 Å². The van der Waals surface area contributed by atoms with Crippen LogP contribution in [0.4, 0.5) is 5.13 Å². The van der Waals surface area contributed by atoms with Crippen molar-refractivity contribution in [1.29, 1.82) is 5.26 Å². The summed E-state index contributed by atoms with van der Waals surface area (Å²) in [6.07, 6.45) is 2.27. The second-order valence-corrected chi connectivity index (χ2v) is 10.0. The van der Waals surface area contributed by atoms with Gasteiger partial charge in [-0.3, -0.25) is 10.1 Å². The Hall–Kier alpha value is -2.72. The van der Waals surface area contributed by atoms with Gasteiger partial charge in [-0.15, -0.1) is 10.2 Å². The third kappa shape index (κ3) is 5.42. The lowest BCUT2D eigenvalue weighted by molar-refractivity contribution is -0.112. The minimum atomic E-state index is -0.533. The molecule has 0 spiro atoms. The highest BCUT2D eigenvalue weighted by molar-refractivity contribution is 7.15. The average molecular weight is 413 g/mol. The van der Waals surface area contributed by atoms with E-state index in [1.165, 1.54) is 11.3 Å². The molecule has 0 bridgehead atoms. The Bertz CT molecular complexity index is 950. The third-order valence-corrected chi connectivity index (χ3v) is 5.40. The van der Waals surface area contributed by atoms with E-state index in [1.807, 2.05) is 66.7 Å². The lowest BCUT2D eigenvalue weighted by atomic mass is 9.78. The van der Waals surface area contributed by atoms with Gasteiger partial charge in [0.05, 0.1) is 0 Å². The Balaban J connectivity index is 2.49. The number of anilines is 1. The van der Waals surface area contributed by atoms with Gasteiger partial charge in [-0.05, 0) is 41.0 Å². The van der Waals surface area contributed by atoms with Crippen LogP contribution in [0.2, 0.25) is 0 Å². The van der Waals surface area contributed by atoms with Crippen molar-refractivity contribution in [3.05, 3.63) is 39.4 Å². The molecule has 0 aliphatic heterocycles. The molecule has 1 aromatic heterocycles. The Morgan fingerprint density at radius 3 is 2.14 bits per heavy atom. The Morgan fingerprint density at radius 2 is 1.72 bits per heavy atom. The molecular formula is C22H28N4O2S. The smallest absolute Gasteiger partial charge is 0.268 e. The first-order valence-electron chi connectivity index (χ1n) is 9.50. The molecule has 2 N–H and O–H groups in total. The number of carbonyl (C=O) groups excluding carboxylic acids is 1. The van der Waals surface area contributed by atoms with Crippen LogP contribution in [0.3, 0.4) is 0 Å². The molecule has 0 unspecified atom stereocenters. The van der Waals surface area contributed by atoms with Crippen molar-refractivity contribution in [2.24, 2.45) is 0 Å². The van der Waals surface area contributed by atoms with Crippen LogP contribution in [0.5, 0.6) is 5.75 Å². The maximum absolute atomic E-state index is 12.6. The number of carbonyl (C=O) groups is 1. The van der Waals surface area contributed by atoms with E-state index in [9.17, 15) is 15.2 Å². The zero-order chi connectivity index (χ0) is 22.0. The number of phenols is 1. The predicted molar refractivity (Wildman–Crippen MR) is 117 cm³/mol. The van der Waals surface area contributed by atoms with Gasteiger partial charge in [-0.2, -0.15) is 5.26 Å². The quantitative estimate of drug-likeness (QED) is 0.547. The summed E-state index contributed by atoms with van der Waals surface area (Å²) in [4.78, 5) is 12.6. The van der Waals surface area contributed by atoms with Gasteiger partial charge < -0.3 is 5.11 Å². The summed E-state index contributed by atoms with van der Waals surface area (Å²) in [5.74, 6) is -0.278. The minimum absolute atomic E-state index is 0.0383. The number of aryl methyl sites for hydroxylation is 1. The Kier molecular flexibility index (Phi) is 6.49. The number of phenolic OH excluding ortho intramolecular Hbond substituents is 1. The Morgan fingerprint density at radius 1 is 1.17 bits per heavy atom. The molecule has 1 aromatic carbocycles. The van der Waals surface area contributed by atoms with Gasteiger partial charge in [0.25, 0.3) is 5.91 Å². The number of rotatable bonds is 4. The number of hydrogen-bond acceptors (Lipinski definition) is 6. The summed E-state index contributed by atoms with van der Waals surface area (Å²) < 4.78 is 0. The molecule has 6 nitrogen and oxygen atoms in total. The standard InChI is InChI=1S/C22H28N4O2S/c1-8-17-25-26-20(29-17)24-19(28)14(12-23)9-13-10-15(21(2,3)4)18(27)16(11-13)22(5,6)7/h9-11,27H,8H2,1-7H3,(H,24,26,28)/b14-9-. The summed E-state index contributed by atoms with van der Waals surface area (Å²) in [5.41, 5.74) is 1.59. The van der Waals surface area contributed by atoms with E-state index in [-0.39, 0.29) is 22.2 Å². The summed E-state index contributed by atoms with van der Waals surface area (Å²) in [6, 6.07) is 5.62. The highest BCUT2D eigenvalue weighted by Gasteiger charge is 2.26. The van der Waals surface area contributed by atoms with Crippen molar-refractivity contribution in [2.45, 2.75) is 65.7 Å². The monoisotopic (exact) mass is 412 g/mol. The van der Waals surface area contributed by atoms with Crippen LogP contribution in [-0.4, -0.2) is 21.2 Å². The molecule has 0 aliphatic carbocycles. The summed E-state index contributed by atoms with van der Waals surface area (Å²) in [6.45, 7) is 14.0. The molecule has 154 valence electrons. The van der Waals surface area contributed by atoms with Crippen molar-refractivity contribution in [3.63, 3.8) is 0 Å². The average Bonchev–Trinajstić information content (AvgIpc) is 3.06. The molecule has 0 saturated carbocycles. The van der Waals surface area contributed by atoms with Crippen molar-refractivity contribution in [2.75, 3.05) is 5.32 Å². The van der Waals surface area contributed by atoms with Crippen LogP contribution in [0.1, 0.15) is 70.2 Å². The second kappa shape index (κ2) is 8.34. The molecule has 29 heavy (non-hydrogen) atoms. The molecule has 0 radical (unpaired) electrons. The van der Waals surface area contributed by atoms with E-state index in [0.29, 0.717) is 10.7 Å². The van der Waals surface area contributed by atoms with Gasteiger partial charge in [0.1, 0.15) is 22.4 Å². The van der Waals surface area contributed by atoms with Crippen molar-refractivity contribution in [1.82, 2.24) is 10.2 Å². The maximum atomic E-state index is 12.6. The first-order chi connectivity index (χ1) is 13.4. The molecule has 1 heterocycles. The van der Waals surface area contributed by atoms with Crippen LogP contribution < -0.4 is 5.32 Å². The summed E-state index contributed by atoms with van der Waals surface area (Å²) in [5, 5.41) is 32.1. The molecule has 0 aliphatic rings. The number of aromatic nitrogens is 2. The fourth-order valence-corrected chi connectivity index (χ4v) is 3.48. The minimum Gasteiger partial charge on any atom is -0.507 e. The Labute approximate surface area is 176 Å². The largest absolute Gasteiger partial charge is 0.507 e. The van der Waals surface area contributed by atoms with Gasteiger partial charge in [0.15, 0.2) is 0 Å². The van der Waals surface area contributed by atoms with Crippen molar-refractivity contribution < 1.29 is 9.90 Å². The zero-order valence-corrected chi connectivity index (χ0v) is 18.9.